The van der Waals surface area contributed by atoms with E-state index in [0.717, 1.165) is 42.5 Å². The van der Waals surface area contributed by atoms with Gasteiger partial charge in [0.25, 0.3) is 5.91 Å². The van der Waals surface area contributed by atoms with Crippen LogP contribution in [0.4, 0.5) is 19.0 Å². The van der Waals surface area contributed by atoms with Crippen LogP contribution in [0.1, 0.15) is 47.8 Å². The number of benzene rings is 1. The first-order chi connectivity index (χ1) is 15.4. The molecule has 6 nitrogen and oxygen atoms in total. The molecule has 0 radical (unpaired) electrons. The topological polar surface area (TPSA) is 53.7 Å². The van der Waals surface area contributed by atoms with Crippen LogP contribution < -0.4 is 4.90 Å². The number of hydrogen-bond donors (Lipinski definition) is 0. The molecule has 0 bridgehead atoms. The van der Waals surface area contributed by atoms with Gasteiger partial charge in [0.15, 0.2) is 5.65 Å². The molecule has 9 heteroatoms. The number of aryl methyl sites for hydroxylation is 1. The molecule has 2 aromatic heterocycles. The third-order valence-corrected chi connectivity index (χ3v) is 5.75. The second-order valence-electron chi connectivity index (χ2n) is 8.01. The van der Waals surface area contributed by atoms with Crippen molar-refractivity contribution in [2.45, 2.75) is 38.8 Å². The summed E-state index contributed by atoms with van der Waals surface area (Å²) in [7, 11) is 0. The van der Waals surface area contributed by atoms with Gasteiger partial charge in [-0.05, 0) is 37.1 Å². The molecule has 3 heterocycles. The van der Waals surface area contributed by atoms with Crippen molar-refractivity contribution in [2.24, 2.45) is 0 Å². The molecule has 1 fully saturated rings. The van der Waals surface area contributed by atoms with Crippen molar-refractivity contribution < 1.29 is 18.0 Å². The Kier molecular flexibility index (Phi) is 6.34. The zero-order valence-corrected chi connectivity index (χ0v) is 18.0. The summed E-state index contributed by atoms with van der Waals surface area (Å²) < 4.78 is 41.6. The second-order valence-corrected chi connectivity index (χ2v) is 8.01. The van der Waals surface area contributed by atoms with E-state index in [9.17, 15) is 18.0 Å². The Morgan fingerprint density at radius 1 is 1.03 bits per heavy atom. The smallest absolute Gasteiger partial charge is 0.352 e. The fourth-order valence-corrected chi connectivity index (χ4v) is 3.99. The zero-order valence-electron chi connectivity index (χ0n) is 18.0. The average molecular weight is 445 g/mol. The monoisotopic (exact) mass is 445 g/mol. The largest absolute Gasteiger partial charge is 0.417 e. The van der Waals surface area contributed by atoms with Crippen molar-refractivity contribution in [1.29, 1.82) is 0 Å². The predicted octanol–water partition coefficient (Wildman–Crippen LogP) is 4.44. The number of amides is 1. The standard InChI is InChI=1S/C23H26F3N5O/c1-2-3-4-7-17-16-31-20(27-17)10-11-21(28-31)29-12-14-30(15-13-29)22(32)18-8-5-6-9-19(18)23(24,25)26/h5-6,8-11,16H,2-4,7,12-15H2,1H3. The number of carbonyl (C=O) groups is 1. The number of piperazine rings is 1. The fourth-order valence-electron chi connectivity index (χ4n) is 3.99. The lowest BCUT2D eigenvalue weighted by molar-refractivity contribution is -0.138. The van der Waals surface area contributed by atoms with E-state index in [1.54, 1.807) is 4.52 Å². The first-order valence-electron chi connectivity index (χ1n) is 10.9. The van der Waals surface area contributed by atoms with Gasteiger partial charge < -0.3 is 9.80 Å². The maximum atomic E-state index is 13.3. The Morgan fingerprint density at radius 2 is 1.78 bits per heavy atom. The molecule has 1 aliphatic rings. The summed E-state index contributed by atoms with van der Waals surface area (Å²) in [6.45, 7) is 3.82. The molecular weight excluding hydrogens is 419 g/mol. The van der Waals surface area contributed by atoms with Crippen molar-refractivity contribution in [3.05, 3.63) is 59.4 Å². The number of alkyl halides is 3. The SMILES string of the molecule is CCCCCc1cn2nc(N3CCN(C(=O)c4ccccc4C(F)(F)F)CC3)ccc2n1. The molecule has 0 unspecified atom stereocenters. The maximum absolute atomic E-state index is 13.3. The lowest BCUT2D eigenvalue weighted by Crippen LogP contribution is -2.49. The fraction of sp³-hybridized carbons (Fsp3) is 0.435. The molecule has 0 spiro atoms. The van der Waals surface area contributed by atoms with Crippen LogP contribution in [-0.2, 0) is 12.6 Å². The van der Waals surface area contributed by atoms with Crippen LogP contribution in [0, 0.1) is 0 Å². The Balaban J connectivity index is 1.42. The summed E-state index contributed by atoms with van der Waals surface area (Å²) in [6, 6.07) is 8.76. The normalized spacial score (nSPS) is 14.9. The van der Waals surface area contributed by atoms with Crippen molar-refractivity contribution in [2.75, 3.05) is 31.1 Å². The molecule has 1 aliphatic heterocycles. The van der Waals surface area contributed by atoms with Crippen LogP contribution in [0.25, 0.3) is 5.65 Å². The molecule has 1 saturated heterocycles. The van der Waals surface area contributed by atoms with Gasteiger partial charge in [-0.25, -0.2) is 9.50 Å². The van der Waals surface area contributed by atoms with Crippen molar-refractivity contribution >= 4 is 17.4 Å². The van der Waals surface area contributed by atoms with E-state index in [4.69, 9.17) is 0 Å². The number of nitrogens with zero attached hydrogens (tertiary/aromatic N) is 5. The van der Waals surface area contributed by atoms with E-state index in [-0.39, 0.29) is 5.56 Å². The highest BCUT2D eigenvalue weighted by Gasteiger charge is 2.36. The highest BCUT2D eigenvalue weighted by Crippen LogP contribution is 2.32. The molecule has 4 rings (SSSR count). The van der Waals surface area contributed by atoms with Crippen molar-refractivity contribution in [1.82, 2.24) is 19.5 Å². The number of unbranched alkanes of at least 4 members (excludes halogenated alkanes) is 2. The Bertz CT molecular complexity index is 1090. The van der Waals surface area contributed by atoms with Gasteiger partial charge in [-0.15, -0.1) is 5.10 Å². The minimum Gasteiger partial charge on any atom is -0.352 e. The lowest BCUT2D eigenvalue weighted by Gasteiger charge is -2.35. The van der Waals surface area contributed by atoms with Gasteiger partial charge in [0.2, 0.25) is 0 Å². The highest BCUT2D eigenvalue weighted by molar-refractivity contribution is 5.96. The number of fused-ring (bicyclic) bond motifs is 1. The molecule has 3 aromatic rings. The molecule has 32 heavy (non-hydrogen) atoms. The predicted molar refractivity (Wildman–Crippen MR) is 116 cm³/mol. The van der Waals surface area contributed by atoms with Gasteiger partial charge in [0, 0.05) is 26.2 Å². The molecular formula is C23H26F3N5O. The van der Waals surface area contributed by atoms with E-state index in [1.165, 1.54) is 29.5 Å². The van der Waals surface area contributed by atoms with Gasteiger partial charge in [-0.3, -0.25) is 4.79 Å². The zero-order chi connectivity index (χ0) is 22.7. The van der Waals surface area contributed by atoms with Crippen molar-refractivity contribution in [3.8, 4) is 0 Å². The maximum Gasteiger partial charge on any atom is 0.417 e. The van der Waals surface area contributed by atoms with E-state index in [0.29, 0.717) is 26.2 Å². The van der Waals surface area contributed by atoms with Gasteiger partial charge in [-0.2, -0.15) is 13.2 Å². The number of carbonyl (C=O) groups excluding carboxylic acids is 1. The molecule has 1 amide bonds. The van der Waals surface area contributed by atoms with Gasteiger partial charge in [-0.1, -0.05) is 31.9 Å². The number of aromatic nitrogens is 3. The van der Waals surface area contributed by atoms with E-state index >= 15 is 0 Å². The number of hydrogen-bond acceptors (Lipinski definition) is 4. The number of halogens is 3. The highest BCUT2D eigenvalue weighted by atomic mass is 19.4. The van der Waals surface area contributed by atoms with Crippen LogP contribution in [0.15, 0.2) is 42.6 Å². The first kappa shape index (κ1) is 22.1. The minimum absolute atomic E-state index is 0.304. The summed E-state index contributed by atoms with van der Waals surface area (Å²) in [5.74, 6) is 0.171. The third-order valence-electron chi connectivity index (χ3n) is 5.75. The van der Waals surface area contributed by atoms with Crippen LogP contribution in [0.5, 0.6) is 0 Å². The Labute approximate surface area is 184 Å². The summed E-state index contributed by atoms with van der Waals surface area (Å²) in [6.07, 6.45) is 1.73. The summed E-state index contributed by atoms with van der Waals surface area (Å²) in [4.78, 5) is 20.9. The second kappa shape index (κ2) is 9.18. The van der Waals surface area contributed by atoms with E-state index in [1.807, 2.05) is 23.2 Å². The van der Waals surface area contributed by atoms with Crippen molar-refractivity contribution in [3.63, 3.8) is 0 Å². The Morgan fingerprint density at radius 3 is 2.50 bits per heavy atom. The molecule has 0 N–H and O–H groups in total. The lowest BCUT2D eigenvalue weighted by atomic mass is 10.1. The third kappa shape index (κ3) is 4.71. The van der Waals surface area contributed by atoms with Crippen LogP contribution in [-0.4, -0.2) is 51.6 Å². The number of rotatable bonds is 6. The number of anilines is 1. The van der Waals surface area contributed by atoms with E-state index < -0.39 is 17.6 Å². The average Bonchev–Trinajstić information content (AvgIpc) is 3.20. The molecule has 0 saturated carbocycles. The number of imidazole rings is 1. The molecule has 0 aliphatic carbocycles. The molecule has 0 atom stereocenters. The van der Waals surface area contributed by atoms with Crippen LogP contribution in [0.2, 0.25) is 0 Å². The minimum atomic E-state index is -4.56. The summed E-state index contributed by atoms with van der Waals surface area (Å²) in [5.41, 5.74) is 0.607. The van der Waals surface area contributed by atoms with Crippen LogP contribution >= 0.6 is 0 Å². The summed E-state index contributed by atoms with van der Waals surface area (Å²) >= 11 is 0. The van der Waals surface area contributed by atoms with Gasteiger partial charge in [0.05, 0.1) is 23.0 Å². The van der Waals surface area contributed by atoms with Crippen LogP contribution in [0.3, 0.4) is 0 Å². The molecule has 1 aromatic carbocycles. The van der Waals surface area contributed by atoms with Gasteiger partial charge >= 0.3 is 6.18 Å². The summed E-state index contributed by atoms with van der Waals surface area (Å²) in [5, 5.41) is 4.65. The first-order valence-corrected chi connectivity index (χ1v) is 10.9. The van der Waals surface area contributed by atoms with E-state index in [2.05, 4.69) is 17.0 Å². The quantitative estimate of drug-likeness (QED) is 0.527. The van der Waals surface area contributed by atoms with Gasteiger partial charge in [0.1, 0.15) is 5.82 Å². The molecule has 170 valence electrons. The Hall–Kier alpha value is -3.10.